The van der Waals surface area contributed by atoms with Crippen LogP contribution >= 0.6 is 39.1 Å². The van der Waals surface area contributed by atoms with Gasteiger partial charge in [0.2, 0.25) is 0 Å². The number of nitrogens with zero attached hydrogens (tertiary/aromatic N) is 4. The zero-order chi connectivity index (χ0) is 24.8. The number of halogens is 3. The quantitative estimate of drug-likeness (QED) is 0.367. The third kappa shape index (κ3) is 5.46. The summed E-state index contributed by atoms with van der Waals surface area (Å²) in [4.78, 5) is 0. The standard InChI is InChI=1S/C23H18BrCl2N5O3/c1-33-20-8-13(6-15(10-27)21-17(11-28)23(29)31(30-21)4-5-32)7-18(24)22(20)34-12-14-2-3-16(25)9-19(14)26/h2-3,6-9,32H,4-5,12,29H2,1H3. The molecule has 0 atom stereocenters. The van der Waals surface area contributed by atoms with Crippen LogP contribution in [0.2, 0.25) is 10.0 Å². The van der Waals surface area contributed by atoms with E-state index < -0.39 is 0 Å². The second-order valence-corrected chi connectivity index (χ2v) is 8.59. The van der Waals surface area contributed by atoms with Crippen LogP contribution < -0.4 is 15.2 Å². The van der Waals surface area contributed by atoms with Gasteiger partial charge >= 0.3 is 0 Å². The molecular formula is C23H18BrCl2N5O3. The van der Waals surface area contributed by atoms with E-state index in [1.54, 1.807) is 36.4 Å². The van der Waals surface area contributed by atoms with E-state index in [2.05, 4.69) is 27.1 Å². The number of aliphatic hydroxyl groups excluding tert-OH is 1. The number of rotatable bonds is 8. The minimum atomic E-state index is -0.214. The predicted molar refractivity (Wildman–Crippen MR) is 133 cm³/mol. The number of nitrogen functional groups attached to an aromatic ring is 1. The second kappa shape index (κ2) is 11.3. The van der Waals surface area contributed by atoms with E-state index in [1.165, 1.54) is 11.8 Å². The van der Waals surface area contributed by atoms with Crippen molar-refractivity contribution < 1.29 is 14.6 Å². The number of nitriles is 2. The van der Waals surface area contributed by atoms with Crippen molar-refractivity contribution in [2.45, 2.75) is 13.2 Å². The molecule has 8 nitrogen and oxygen atoms in total. The molecule has 174 valence electrons. The summed E-state index contributed by atoms with van der Waals surface area (Å²) >= 11 is 15.7. The first-order valence-corrected chi connectivity index (χ1v) is 11.3. The summed E-state index contributed by atoms with van der Waals surface area (Å²) in [6.07, 6.45) is 1.55. The van der Waals surface area contributed by atoms with Crippen molar-refractivity contribution in [2.75, 3.05) is 19.5 Å². The van der Waals surface area contributed by atoms with Crippen LogP contribution in [0.4, 0.5) is 5.82 Å². The van der Waals surface area contributed by atoms with E-state index >= 15 is 0 Å². The van der Waals surface area contributed by atoms with E-state index in [-0.39, 0.29) is 42.4 Å². The number of aliphatic hydroxyl groups is 1. The number of methoxy groups -OCH3 is 1. The van der Waals surface area contributed by atoms with Crippen LogP contribution in [0.3, 0.4) is 0 Å². The van der Waals surface area contributed by atoms with Crippen molar-refractivity contribution >= 4 is 56.6 Å². The van der Waals surface area contributed by atoms with Gasteiger partial charge in [0.1, 0.15) is 35.8 Å². The summed E-state index contributed by atoms with van der Waals surface area (Å²) in [5.74, 6) is 0.934. The molecule has 2 aromatic carbocycles. The summed E-state index contributed by atoms with van der Waals surface area (Å²) in [5.41, 5.74) is 7.60. The highest BCUT2D eigenvalue weighted by atomic mass is 79.9. The molecule has 34 heavy (non-hydrogen) atoms. The fourth-order valence-corrected chi connectivity index (χ4v) is 4.15. The smallest absolute Gasteiger partial charge is 0.175 e. The number of nitrogens with two attached hydrogens (primary N) is 1. The zero-order valence-electron chi connectivity index (χ0n) is 17.8. The average molecular weight is 563 g/mol. The maximum Gasteiger partial charge on any atom is 0.175 e. The summed E-state index contributed by atoms with van der Waals surface area (Å²) in [6, 6.07) is 12.6. The van der Waals surface area contributed by atoms with Gasteiger partial charge < -0.3 is 20.3 Å². The van der Waals surface area contributed by atoms with E-state index in [1.807, 2.05) is 6.07 Å². The average Bonchev–Trinajstić information content (AvgIpc) is 3.12. The lowest BCUT2D eigenvalue weighted by atomic mass is 10.1. The molecule has 0 saturated heterocycles. The first-order valence-electron chi connectivity index (χ1n) is 9.76. The molecule has 1 heterocycles. The van der Waals surface area contributed by atoms with Crippen molar-refractivity contribution in [3.63, 3.8) is 0 Å². The highest BCUT2D eigenvalue weighted by molar-refractivity contribution is 9.10. The van der Waals surface area contributed by atoms with Gasteiger partial charge in [-0.15, -0.1) is 0 Å². The van der Waals surface area contributed by atoms with Crippen LogP contribution in [0.15, 0.2) is 34.8 Å². The lowest BCUT2D eigenvalue weighted by molar-refractivity contribution is 0.270. The maximum absolute atomic E-state index is 9.74. The molecule has 0 amide bonds. The number of hydrogen-bond acceptors (Lipinski definition) is 7. The largest absolute Gasteiger partial charge is 0.493 e. The van der Waals surface area contributed by atoms with Crippen molar-refractivity contribution in [1.82, 2.24) is 9.78 Å². The van der Waals surface area contributed by atoms with Gasteiger partial charge in [-0.2, -0.15) is 15.6 Å². The lowest BCUT2D eigenvalue weighted by Crippen LogP contribution is -2.07. The number of ether oxygens (including phenoxy) is 2. The molecule has 0 spiro atoms. The Balaban J connectivity index is 1.96. The summed E-state index contributed by atoms with van der Waals surface area (Å²) < 4.78 is 13.3. The molecule has 0 aliphatic rings. The Labute approximate surface area is 214 Å². The molecule has 0 saturated carbocycles. The summed E-state index contributed by atoms with van der Waals surface area (Å²) in [5, 5.41) is 33.7. The SMILES string of the molecule is COc1cc(C=C(C#N)c2nn(CCO)c(N)c2C#N)cc(Br)c1OCc1ccc(Cl)cc1Cl. The van der Waals surface area contributed by atoms with Gasteiger partial charge in [0.15, 0.2) is 11.5 Å². The molecule has 1 aromatic heterocycles. The zero-order valence-corrected chi connectivity index (χ0v) is 20.9. The van der Waals surface area contributed by atoms with Gasteiger partial charge in [-0.25, -0.2) is 4.68 Å². The molecule has 3 aromatic rings. The molecule has 0 radical (unpaired) electrons. The van der Waals surface area contributed by atoms with Crippen LogP contribution in [0.25, 0.3) is 11.6 Å². The van der Waals surface area contributed by atoms with Gasteiger partial charge in [0.05, 0.1) is 30.3 Å². The highest BCUT2D eigenvalue weighted by Gasteiger charge is 2.20. The van der Waals surface area contributed by atoms with Crippen LogP contribution in [0, 0.1) is 22.7 Å². The Morgan fingerprint density at radius 3 is 2.68 bits per heavy atom. The van der Waals surface area contributed by atoms with Crippen molar-refractivity contribution in [3.8, 4) is 23.6 Å². The first kappa shape index (κ1) is 25.4. The monoisotopic (exact) mass is 561 g/mol. The lowest BCUT2D eigenvalue weighted by Gasteiger charge is -2.14. The third-order valence-electron chi connectivity index (χ3n) is 4.74. The van der Waals surface area contributed by atoms with Gasteiger partial charge in [-0.1, -0.05) is 29.3 Å². The van der Waals surface area contributed by atoms with Gasteiger partial charge in [-0.3, -0.25) is 0 Å². The van der Waals surface area contributed by atoms with Crippen molar-refractivity contribution in [2.24, 2.45) is 0 Å². The fraction of sp³-hybridized carbons (Fsp3) is 0.174. The summed E-state index contributed by atoms with van der Waals surface area (Å²) in [6.45, 7) is 0.0631. The molecular weight excluding hydrogens is 545 g/mol. The number of allylic oxidation sites excluding steroid dienone is 1. The Bertz CT molecular complexity index is 1340. The minimum absolute atomic E-state index is 0.0621. The van der Waals surface area contributed by atoms with Crippen LogP contribution in [0.1, 0.15) is 22.4 Å². The molecule has 11 heteroatoms. The van der Waals surface area contributed by atoms with Gasteiger partial charge in [0.25, 0.3) is 0 Å². The Morgan fingerprint density at radius 1 is 1.29 bits per heavy atom. The highest BCUT2D eigenvalue weighted by Crippen LogP contribution is 2.39. The molecule has 3 rings (SSSR count). The normalized spacial score (nSPS) is 11.1. The summed E-state index contributed by atoms with van der Waals surface area (Å²) in [7, 11) is 1.49. The molecule has 3 N–H and O–H groups in total. The van der Waals surface area contributed by atoms with Crippen LogP contribution in [-0.2, 0) is 13.2 Å². The molecule has 0 aliphatic carbocycles. The Morgan fingerprint density at radius 2 is 2.06 bits per heavy atom. The third-order valence-corrected chi connectivity index (χ3v) is 5.92. The van der Waals surface area contributed by atoms with Gasteiger partial charge in [0, 0.05) is 15.6 Å². The molecule has 0 bridgehead atoms. The molecule has 0 fully saturated rings. The van der Waals surface area contributed by atoms with Crippen LogP contribution in [0.5, 0.6) is 11.5 Å². The van der Waals surface area contributed by atoms with Gasteiger partial charge in [-0.05, 0) is 51.8 Å². The predicted octanol–water partition coefficient (Wildman–Crippen LogP) is 5.05. The number of hydrogen-bond donors (Lipinski definition) is 2. The number of anilines is 1. The van der Waals surface area contributed by atoms with E-state index in [4.69, 9.17) is 38.4 Å². The Kier molecular flexibility index (Phi) is 8.43. The molecule has 0 unspecified atom stereocenters. The van der Waals surface area contributed by atoms with E-state index in [0.717, 1.165) is 5.56 Å². The number of benzene rings is 2. The number of aromatic nitrogens is 2. The first-order chi connectivity index (χ1) is 16.3. The fourth-order valence-electron chi connectivity index (χ4n) is 3.11. The van der Waals surface area contributed by atoms with Crippen molar-refractivity contribution in [1.29, 1.82) is 10.5 Å². The maximum atomic E-state index is 9.74. The topological polar surface area (TPSA) is 130 Å². The van der Waals surface area contributed by atoms with E-state index in [0.29, 0.717) is 31.6 Å². The van der Waals surface area contributed by atoms with Crippen molar-refractivity contribution in [3.05, 3.63) is 67.2 Å². The Hall–Kier alpha value is -3.21. The van der Waals surface area contributed by atoms with E-state index in [9.17, 15) is 15.6 Å². The van der Waals surface area contributed by atoms with Crippen LogP contribution in [-0.4, -0.2) is 28.6 Å². The minimum Gasteiger partial charge on any atom is -0.493 e. The molecule has 0 aliphatic heterocycles. The second-order valence-electron chi connectivity index (χ2n) is 6.90.